The number of nitrogens with one attached hydrogen (secondary N) is 2. The molecule has 0 aliphatic rings. The summed E-state index contributed by atoms with van der Waals surface area (Å²) in [4.78, 5) is 2.51. The van der Waals surface area contributed by atoms with Gasteiger partial charge in [-0.3, -0.25) is 0 Å². The van der Waals surface area contributed by atoms with E-state index in [1.165, 1.54) is 15.3 Å². The molecule has 0 unspecified atom stereocenters. The van der Waals surface area contributed by atoms with Gasteiger partial charge in [-0.05, 0) is 25.5 Å². The van der Waals surface area contributed by atoms with E-state index in [0.717, 1.165) is 0 Å². The van der Waals surface area contributed by atoms with E-state index in [0.29, 0.717) is 19.6 Å². The summed E-state index contributed by atoms with van der Waals surface area (Å²) in [5.74, 6) is 0. The molecule has 98 valence electrons. The van der Waals surface area contributed by atoms with Gasteiger partial charge in [0.05, 0.1) is 6.54 Å². The first-order valence-electron chi connectivity index (χ1n) is 5.42. The zero-order chi connectivity index (χ0) is 12.9. The fourth-order valence-corrected chi connectivity index (χ4v) is 2.38. The molecule has 0 aliphatic carbocycles. The Balaban J connectivity index is 2.09. The molecule has 0 aliphatic heterocycles. The lowest BCUT2D eigenvalue weighted by atomic mass is 10.3. The largest absolute Gasteiger partial charge is 0.401 e. The number of aryl methyl sites for hydroxylation is 2. The maximum atomic E-state index is 11.8. The van der Waals surface area contributed by atoms with Crippen molar-refractivity contribution in [2.24, 2.45) is 0 Å². The van der Waals surface area contributed by atoms with Crippen molar-refractivity contribution in [2.75, 3.05) is 19.6 Å². The summed E-state index contributed by atoms with van der Waals surface area (Å²) in [6.45, 7) is 4.77. The van der Waals surface area contributed by atoms with Crippen LogP contribution in [0.3, 0.4) is 0 Å². The second-order valence-corrected chi connectivity index (χ2v) is 5.26. The summed E-state index contributed by atoms with van der Waals surface area (Å²) in [5, 5.41) is 5.45. The van der Waals surface area contributed by atoms with Gasteiger partial charge in [-0.15, -0.1) is 11.3 Å². The Morgan fingerprint density at radius 3 is 2.35 bits per heavy atom. The van der Waals surface area contributed by atoms with Gasteiger partial charge in [-0.1, -0.05) is 0 Å². The summed E-state index contributed by atoms with van der Waals surface area (Å²) >= 11 is 1.72. The molecule has 1 aromatic rings. The summed E-state index contributed by atoms with van der Waals surface area (Å²) in [6.07, 6.45) is -4.12. The number of rotatable bonds is 6. The number of halogens is 3. The normalized spacial score (nSPS) is 12.1. The molecule has 1 aromatic heterocycles. The number of hydrogen-bond donors (Lipinski definition) is 2. The third-order valence-electron chi connectivity index (χ3n) is 2.32. The third-order valence-corrected chi connectivity index (χ3v) is 3.47. The molecule has 0 amide bonds. The zero-order valence-corrected chi connectivity index (χ0v) is 10.8. The second kappa shape index (κ2) is 6.37. The van der Waals surface area contributed by atoms with Crippen molar-refractivity contribution >= 4 is 11.3 Å². The first-order chi connectivity index (χ1) is 7.88. The van der Waals surface area contributed by atoms with Crippen molar-refractivity contribution in [1.82, 2.24) is 10.6 Å². The van der Waals surface area contributed by atoms with Crippen LogP contribution in [0, 0.1) is 13.8 Å². The van der Waals surface area contributed by atoms with Crippen LogP contribution in [0.25, 0.3) is 0 Å². The van der Waals surface area contributed by atoms with Crippen molar-refractivity contribution < 1.29 is 13.2 Å². The Hall–Kier alpha value is -0.590. The topological polar surface area (TPSA) is 24.1 Å². The van der Waals surface area contributed by atoms with Crippen LogP contribution in [0.5, 0.6) is 0 Å². The molecule has 0 saturated carbocycles. The minimum absolute atomic E-state index is 0.322. The Morgan fingerprint density at radius 1 is 1.18 bits per heavy atom. The van der Waals surface area contributed by atoms with Gasteiger partial charge in [0, 0.05) is 29.4 Å². The van der Waals surface area contributed by atoms with E-state index in [9.17, 15) is 13.2 Å². The highest BCUT2D eigenvalue weighted by Crippen LogP contribution is 2.20. The molecule has 0 atom stereocenters. The van der Waals surface area contributed by atoms with Gasteiger partial charge in [-0.25, -0.2) is 0 Å². The minimum Gasteiger partial charge on any atom is -0.311 e. The molecule has 0 radical (unpaired) electrons. The van der Waals surface area contributed by atoms with Crippen molar-refractivity contribution in [3.8, 4) is 0 Å². The lowest BCUT2D eigenvalue weighted by Crippen LogP contribution is -2.33. The van der Waals surface area contributed by atoms with Crippen molar-refractivity contribution in [1.29, 1.82) is 0 Å². The smallest absolute Gasteiger partial charge is 0.311 e. The molecule has 2 N–H and O–H groups in total. The Morgan fingerprint density at radius 2 is 1.82 bits per heavy atom. The summed E-state index contributed by atoms with van der Waals surface area (Å²) in [7, 11) is 0. The fraction of sp³-hybridized carbons (Fsp3) is 0.636. The second-order valence-electron chi connectivity index (χ2n) is 3.92. The van der Waals surface area contributed by atoms with Gasteiger partial charge in [0.2, 0.25) is 0 Å². The minimum atomic E-state index is -4.12. The lowest BCUT2D eigenvalue weighted by molar-refractivity contribution is -0.124. The van der Waals surface area contributed by atoms with Crippen molar-refractivity contribution in [3.05, 3.63) is 21.4 Å². The number of hydrogen-bond acceptors (Lipinski definition) is 3. The van der Waals surface area contributed by atoms with E-state index >= 15 is 0 Å². The van der Waals surface area contributed by atoms with Gasteiger partial charge in [-0.2, -0.15) is 13.2 Å². The summed E-state index contributed by atoms with van der Waals surface area (Å²) in [6, 6.07) is 2.11. The van der Waals surface area contributed by atoms with E-state index < -0.39 is 12.7 Å². The molecule has 0 fully saturated rings. The van der Waals surface area contributed by atoms with E-state index in [-0.39, 0.29) is 0 Å². The van der Waals surface area contributed by atoms with E-state index in [1.807, 2.05) is 0 Å². The Kier molecular flexibility index (Phi) is 5.42. The maximum Gasteiger partial charge on any atom is 0.401 e. The van der Waals surface area contributed by atoms with Crippen LogP contribution in [0.4, 0.5) is 13.2 Å². The molecule has 17 heavy (non-hydrogen) atoms. The molecule has 0 bridgehead atoms. The summed E-state index contributed by atoms with van der Waals surface area (Å²) in [5.41, 5.74) is 1.27. The van der Waals surface area contributed by atoms with Crippen LogP contribution in [0.1, 0.15) is 15.3 Å². The van der Waals surface area contributed by atoms with Crippen LogP contribution in [0.15, 0.2) is 6.07 Å². The third kappa shape index (κ3) is 6.05. The summed E-state index contributed by atoms with van der Waals surface area (Å²) < 4.78 is 35.4. The maximum absolute atomic E-state index is 11.8. The highest BCUT2D eigenvalue weighted by molar-refractivity contribution is 7.12. The molecule has 2 nitrogen and oxygen atoms in total. The van der Waals surface area contributed by atoms with E-state index in [2.05, 4.69) is 30.5 Å². The van der Waals surface area contributed by atoms with Crippen LogP contribution in [0.2, 0.25) is 0 Å². The van der Waals surface area contributed by atoms with Gasteiger partial charge in [0.1, 0.15) is 0 Å². The monoisotopic (exact) mass is 266 g/mol. The first-order valence-corrected chi connectivity index (χ1v) is 6.24. The highest BCUT2D eigenvalue weighted by atomic mass is 32.1. The fourth-order valence-electron chi connectivity index (χ4n) is 1.36. The van der Waals surface area contributed by atoms with Crippen LogP contribution in [-0.2, 0) is 6.54 Å². The average Bonchev–Trinajstić information content (AvgIpc) is 2.50. The van der Waals surface area contributed by atoms with Gasteiger partial charge in [0.15, 0.2) is 0 Å². The van der Waals surface area contributed by atoms with Crippen LogP contribution in [-0.4, -0.2) is 25.8 Å². The molecule has 1 rings (SSSR count). The molecular formula is C11H17F3N2S. The highest BCUT2D eigenvalue weighted by Gasteiger charge is 2.25. The first kappa shape index (κ1) is 14.5. The predicted octanol–water partition coefficient (Wildman–Crippen LogP) is 2.61. The SMILES string of the molecule is Cc1cc(CNCCNCC(F)(F)F)sc1C. The molecule has 1 heterocycles. The van der Waals surface area contributed by atoms with Gasteiger partial charge >= 0.3 is 6.18 Å². The molecule has 6 heteroatoms. The van der Waals surface area contributed by atoms with E-state index in [4.69, 9.17) is 0 Å². The Labute approximate surface area is 103 Å². The predicted molar refractivity (Wildman–Crippen MR) is 64.4 cm³/mol. The van der Waals surface area contributed by atoms with Crippen molar-refractivity contribution in [3.63, 3.8) is 0 Å². The molecule has 0 saturated heterocycles. The zero-order valence-electron chi connectivity index (χ0n) is 9.95. The molecule has 0 aromatic carbocycles. The van der Waals surface area contributed by atoms with Crippen LogP contribution < -0.4 is 10.6 Å². The molecular weight excluding hydrogens is 249 g/mol. The standard InChI is InChI=1S/C11H17F3N2S/c1-8-5-10(17-9(8)2)6-15-3-4-16-7-11(12,13)14/h5,15-16H,3-4,6-7H2,1-2H3. The van der Waals surface area contributed by atoms with Crippen molar-refractivity contribution in [2.45, 2.75) is 26.6 Å². The number of alkyl halides is 3. The van der Waals surface area contributed by atoms with E-state index in [1.54, 1.807) is 11.3 Å². The van der Waals surface area contributed by atoms with Gasteiger partial charge < -0.3 is 10.6 Å². The lowest BCUT2D eigenvalue weighted by Gasteiger charge is -2.08. The van der Waals surface area contributed by atoms with Crippen LogP contribution >= 0.6 is 11.3 Å². The van der Waals surface area contributed by atoms with Gasteiger partial charge in [0.25, 0.3) is 0 Å². The Bertz CT molecular complexity index is 327. The average molecular weight is 266 g/mol. The molecule has 0 spiro atoms. The quantitative estimate of drug-likeness (QED) is 0.773. The number of thiophene rings is 1.